The Bertz CT molecular complexity index is 903. The molecule has 0 unspecified atom stereocenters. The molecule has 31 heavy (non-hydrogen) atoms. The Kier molecular flexibility index (Phi) is 10.9. The van der Waals surface area contributed by atoms with Gasteiger partial charge in [0.05, 0.1) is 19.8 Å². The van der Waals surface area contributed by atoms with Crippen LogP contribution in [0.4, 0.5) is 0 Å². The Morgan fingerprint density at radius 2 is 1.84 bits per heavy atom. The van der Waals surface area contributed by atoms with Gasteiger partial charge in [0.2, 0.25) is 0 Å². The normalized spacial score (nSPS) is 14.5. The molecule has 2 heteroatoms. The fourth-order valence-corrected chi connectivity index (χ4v) is 3.19. The standard InChI is InChI=1S/C29H34O2/c1-5-7-8-9-13-20-30-23-27-18-16-26(17-19-27)22-28(31-6-2)21-25(4)29-15-12-10-11-14-24(29)3/h5,7-13,15-19,21H,1,4,6,14,20,22-23H2,2-3H3/b8-7-,13-9-,28-21-. The topological polar surface area (TPSA) is 18.5 Å². The van der Waals surface area contributed by atoms with Crippen LogP contribution in [0.3, 0.4) is 0 Å². The predicted molar refractivity (Wildman–Crippen MR) is 133 cm³/mol. The van der Waals surface area contributed by atoms with Crippen LogP contribution in [0.5, 0.6) is 0 Å². The van der Waals surface area contributed by atoms with Gasteiger partial charge in [0.25, 0.3) is 0 Å². The van der Waals surface area contributed by atoms with Gasteiger partial charge in [-0.1, -0.05) is 97.7 Å². The minimum Gasteiger partial charge on any atom is -0.498 e. The van der Waals surface area contributed by atoms with E-state index < -0.39 is 0 Å². The second-order valence-corrected chi connectivity index (χ2v) is 7.31. The van der Waals surface area contributed by atoms with Crippen LogP contribution < -0.4 is 0 Å². The molecule has 1 aliphatic carbocycles. The first-order chi connectivity index (χ1) is 15.1. The van der Waals surface area contributed by atoms with Crippen LogP contribution >= 0.6 is 0 Å². The molecule has 0 N–H and O–H groups in total. The van der Waals surface area contributed by atoms with E-state index in [1.807, 2.05) is 31.2 Å². The highest BCUT2D eigenvalue weighted by atomic mass is 16.5. The van der Waals surface area contributed by atoms with Crippen molar-refractivity contribution in [3.05, 3.63) is 132 Å². The van der Waals surface area contributed by atoms with E-state index in [4.69, 9.17) is 9.47 Å². The van der Waals surface area contributed by atoms with Crippen LogP contribution in [-0.2, 0) is 22.5 Å². The Morgan fingerprint density at radius 1 is 1.06 bits per heavy atom. The molecule has 0 spiro atoms. The molecule has 0 fully saturated rings. The third kappa shape index (κ3) is 9.06. The minimum absolute atomic E-state index is 0.585. The molecule has 0 atom stereocenters. The molecule has 162 valence electrons. The third-order valence-corrected chi connectivity index (χ3v) is 4.78. The number of benzene rings is 1. The van der Waals surface area contributed by atoms with Gasteiger partial charge in [0.1, 0.15) is 5.76 Å². The average molecular weight is 415 g/mol. The molecule has 2 rings (SSSR count). The molecule has 0 aliphatic heterocycles. The molecule has 0 aromatic heterocycles. The van der Waals surface area contributed by atoms with Gasteiger partial charge in [-0.3, -0.25) is 0 Å². The van der Waals surface area contributed by atoms with Crippen molar-refractivity contribution in [1.82, 2.24) is 0 Å². The molecule has 1 aliphatic rings. The fourth-order valence-electron chi connectivity index (χ4n) is 3.19. The highest BCUT2D eigenvalue weighted by Gasteiger charge is 2.07. The van der Waals surface area contributed by atoms with E-state index in [0.717, 1.165) is 29.7 Å². The van der Waals surface area contributed by atoms with Crippen LogP contribution in [0.25, 0.3) is 0 Å². The van der Waals surface area contributed by atoms with Gasteiger partial charge in [0.15, 0.2) is 0 Å². The van der Waals surface area contributed by atoms with Crippen molar-refractivity contribution < 1.29 is 9.47 Å². The van der Waals surface area contributed by atoms with Crippen molar-refractivity contribution in [2.75, 3.05) is 13.2 Å². The first-order valence-corrected chi connectivity index (χ1v) is 10.8. The van der Waals surface area contributed by atoms with E-state index in [9.17, 15) is 0 Å². The summed E-state index contributed by atoms with van der Waals surface area (Å²) in [4.78, 5) is 0. The van der Waals surface area contributed by atoms with Gasteiger partial charge in [-0.05, 0) is 48.6 Å². The summed E-state index contributed by atoms with van der Waals surface area (Å²) >= 11 is 0. The molecular weight excluding hydrogens is 380 g/mol. The minimum atomic E-state index is 0.585. The summed E-state index contributed by atoms with van der Waals surface area (Å²) < 4.78 is 11.6. The second-order valence-electron chi connectivity index (χ2n) is 7.31. The smallest absolute Gasteiger partial charge is 0.101 e. The molecule has 0 bridgehead atoms. The van der Waals surface area contributed by atoms with Gasteiger partial charge >= 0.3 is 0 Å². The van der Waals surface area contributed by atoms with Crippen molar-refractivity contribution in [2.24, 2.45) is 0 Å². The van der Waals surface area contributed by atoms with E-state index >= 15 is 0 Å². The first-order valence-electron chi connectivity index (χ1n) is 10.8. The van der Waals surface area contributed by atoms with Crippen LogP contribution in [0.2, 0.25) is 0 Å². The van der Waals surface area contributed by atoms with Crippen LogP contribution in [0.1, 0.15) is 31.4 Å². The van der Waals surface area contributed by atoms with E-state index in [2.05, 4.69) is 74.7 Å². The maximum absolute atomic E-state index is 5.92. The zero-order valence-electron chi connectivity index (χ0n) is 18.8. The Hall–Kier alpha value is -3.10. The maximum atomic E-state index is 5.92. The highest BCUT2D eigenvalue weighted by molar-refractivity contribution is 5.50. The van der Waals surface area contributed by atoms with Gasteiger partial charge in [-0.2, -0.15) is 0 Å². The summed E-state index contributed by atoms with van der Waals surface area (Å²) in [5.74, 6) is 0.931. The van der Waals surface area contributed by atoms with Crippen LogP contribution in [0, 0.1) is 0 Å². The van der Waals surface area contributed by atoms with Crippen LogP contribution in [-0.4, -0.2) is 13.2 Å². The van der Waals surface area contributed by atoms with E-state index in [1.165, 1.54) is 16.7 Å². The summed E-state index contributed by atoms with van der Waals surface area (Å²) in [7, 11) is 0. The second kappa shape index (κ2) is 14.0. The first kappa shape index (κ1) is 24.2. The molecule has 1 aromatic carbocycles. The molecule has 0 saturated carbocycles. The van der Waals surface area contributed by atoms with E-state index in [-0.39, 0.29) is 0 Å². The van der Waals surface area contributed by atoms with E-state index in [1.54, 1.807) is 6.08 Å². The van der Waals surface area contributed by atoms with Crippen molar-refractivity contribution in [3.8, 4) is 0 Å². The molecule has 2 nitrogen and oxygen atoms in total. The lowest BCUT2D eigenvalue weighted by Gasteiger charge is -2.12. The summed E-state index contributed by atoms with van der Waals surface area (Å²) in [5, 5.41) is 0. The number of hydrogen-bond donors (Lipinski definition) is 0. The lowest BCUT2D eigenvalue weighted by atomic mass is 9.99. The van der Waals surface area contributed by atoms with E-state index in [0.29, 0.717) is 19.8 Å². The Morgan fingerprint density at radius 3 is 2.58 bits per heavy atom. The lowest BCUT2D eigenvalue weighted by molar-refractivity contribution is 0.148. The third-order valence-electron chi connectivity index (χ3n) is 4.78. The Balaban J connectivity index is 1.96. The summed E-state index contributed by atoms with van der Waals surface area (Å²) in [6, 6.07) is 8.50. The van der Waals surface area contributed by atoms with Gasteiger partial charge in [-0.15, -0.1) is 0 Å². The van der Waals surface area contributed by atoms with Gasteiger partial charge in [-0.25, -0.2) is 0 Å². The summed E-state index contributed by atoms with van der Waals surface area (Å²) in [6.45, 7) is 13.9. The zero-order valence-corrected chi connectivity index (χ0v) is 18.8. The van der Waals surface area contributed by atoms with Crippen LogP contribution in [0.15, 0.2) is 121 Å². The molecular formula is C29H34O2. The van der Waals surface area contributed by atoms with Crippen molar-refractivity contribution in [2.45, 2.75) is 33.3 Å². The number of hydrogen-bond acceptors (Lipinski definition) is 2. The molecule has 0 radical (unpaired) electrons. The molecule has 0 saturated heterocycles. The SMILES string of the molecule is C=C/C=C\C=C/COCc1ccc(C/C(=C/C(=C)C2=C(C)CC=CC=C2)OCC)cc1. The maximum Gasteiger partial charge on any atom is 0.101 e. The number of ether oxygens (including phenoxy) is 2. The monoisotopic (exact) mass is 414 g/mol. The summed E-state index contributed by atoms with van der Waals surface area (Å²) in [6.07, 6.45) is 21.7. The number of allylic oxidation sites excluding steroid dienone is 13. The molecule has 0 amide bonds. The summed E-state index contributed by atoms with van der Waals surface area (Å²) in [5.41, 5.74) is 5.85. The van der Waals surface area contributed by atoms with Crippen molar-refractivity contribution >= 4 is 0 Å². The molecule has 1 aromatic rings. The zero-order chi connectivity index (χ0) is 22.3. The molecule has 0 heterocycles. The van der Waals surface area contributed by atoms with Gasteiger partial charge in [0, 0.05) is 6.42 Å². The fraction of sp³-hybridized carbons (Fsp3) is 0.241. The Labute approximate surface area is 188 Å². The predicted octanol–water partition coefficient (Wildman–Crippen LogP) is 7.35. The van der Waals surface area contributed by atoms with Crippen molar-refractivity contribution in [3.63, 3.8) is 0 Å². The van der Waals surface area contributed by atoms with Gasteiger partial charge < -0.3 is 9.47 Å². The van der Waals surface area contributed by atoms with Crippen molar-refractivity contribution in [1.29, 1.82) is 0 Å². The largest absolute Gasteiger partial charge is 0.498 e. The lowest BCUT2D eigenvalue weighted by Crippen LogP contribution is -1.99. The highest BCUT2D eigenvalue weighted by Crippen LogP contribution is 2.23. The number of rotatable bonds is 12. The average Bonchev–Trinajstić information content (AvgIpc) is 2.98. The quantitative estimate of drug-likeness (QED) is 0.202.